The molecule has 0 amide bonds. The predicted molar refractivity (Wildman–Crippen MR) is 55.6 cm³/mol. The number of phenols is 1. The normalized spacial score (nSPS) is 10.5. The minimum atomic E-state index is -0.222. The number of rotatable bonds is 2. The SMILES string of the molecule is CCn1c(-c2ccc(O)cc2)n[nH]c1=O. The van der Waals surface area contributed by atoms with Crippen LogP contribution in [0.15, 0.2) is 29.1 Å². The summed E-state index contributed by atoms with van der Waals surface area (Å²) in [5.74, 6) is 0.780. The number of hydrogen-bond donors (Lipinski definition) is 2. The highest BCUT2D eigenvalue weighted by molar-refractivity contribution is 5.56. The summed E-state index contributed by atoms with van der Waals surface area (Å²) in [5, 5.41) is 15.5. The standard InChI is InChI=1S/C10H11N3O2/c1-2-13-9(11-12-10(13)15)7-3-5-8(14)6-4-7/h3-6,14H,2H2,1H3,(H,12,15). The largest absolute Gasteiger partial charge is 0.508 e. The second-order valence-corrected chi connectivity index (χ2v) is 3.14. The topological polar surface area (TPSA) is 70.9 Å². The van der Waals surface area contributed by atoms with Crippen molar-refractivity contribution in [3.63, 3.8) is 0 Å². The Kier molecular flexibility index (Phi) is 2.29. The Hall–Kier alpha value is -2.04. The van der Waals surface area contributed by atoms with E-state index in [2.05, 4.69) is 10.2 Å². The molecule has 0 spiro atoms. The highest BCUT2D eigenvalue weighted by Crippen LogP contribution is 2.18. The van der Waals surface area contributed by atoms with Gasteiger partial charge in [0.1, 0.15) is 5.75 Å². The third kappa shape index (κ3) is 1.63. The van der Waals surface area contributed by atoms with E-state index in [1.54, 1.807) is 24.3 Å². The number of nitrogens with zero attached hydrogens (tertiary/aromatic N) is 2. The zero-order valence-electron chi connectivity index (χ0n) is 8.27. The van der Waals surface area contributed by atoms with Gasteiger partial charge in [0.25, 0.3) is 0 Å². The van der Waals surface area contributed by atoms with E-state index in [0.717, 1.165) is 5.56 Å². The Morgan fingerprint density at radius 2 is 2.07 bits per heavy atom. The molecule has 15 heavy (non-hydrogen) atoms. The van der Waals surface area contributed by atoms with Crippen LogP contribution in [0.4, 0.5) is 0 Å². The van der Waals surface area contributed by atoms with E-state index in [-0.39, 0.29) is 11.4 Å². The number of aromatic nitrogens is 3. The lowest BCUT2D eigenvalue weighted by Crippen LogP contribution is -2.16. The van der Waals surface area contributed by atoms with Crippen molar-refractivity contribution in [1.29, 1.82) is 0 Å². The van der Waals surface area contributed by atoms with Gasteiger partial charge in [-0.25, -0.2) is 9.89 Å². The van der Waals surface area contributed by atoms with Crippen LogP contribution < -0.4 is 5.69 Å². The number of hydrogen-bond acceptors (Lipinski definition) is 3. The quantitative estimate of drug-likeness (QED) is 0.767. The van der Waals surface area contributed by atoms with Crippen molar-refractivity contribution in [1.82, 2.24) is 14.8 Å². The molecule has 1 aromatic carbocycles. The molecule has 0 radical (unpaired) electrons. The van der Waals surface area contributed by atoms with Crippen LogP contribution in [0.3, 0.4) is 0 Å². The van der Waals surface area contributed by atoms with Gasteiger partial charge in [0.05, 0.1) is 0 Å². The number of benzene rings is 1. The number of H-pyrrole nitrogens is 1. The van der Waals surface area contributed by atoms with Crippen LogP contribution >= 0.6 is 0 Å². The molecular formula is C10H11N3O2. The van der Waals surface area contributed by atoms with Gasteiger partial charge in [-0.1, -0.05) is 0 Å². The van der Waals surface area contributed by atoms with E-state index < -0.39 is 0 Å². The number of nitrogens with one attached hydrogen (secondary N) is 1. The highest BCUT2D eigenvalue weighted by atomic mass is 16.3. The van der Waals surface area contributed by atoms with Gasteiger partial charge in [0.15, 0.2) is 5.82 Å². The lowest BCUT2D eigenvalue weighted by molar-refractivity contribution is 0.475. The molecule has 0 aliphatic heterocycles. The minimum Gasteiger partial charge on any atom is -0.508 e. The smallest absolute Gasteiger partial charge is 0.343 e. The maximum Gasteiger partial charge on any atom is 0.343 e. The summed E-state index contributed by atoms with van der Waals surface area (Å²) in [4.78, 5) is 11.3. The fourth-order valence-electron chi connectivity index (χ4n) is 1.44. The fraction of sp³-hybridized carbons (Fsp3) is 0.200. The van der Waals surface area contributed by atoms with Crippen molar-refractivity contribution in [3.05, 3.63) is 34.7 Å². The summed E-state index contributed by atoms with van der Waals surface area (Å²) in [7, 11) is 0. The van der Waals surface area contributed by atoms with E-state index >= 15 is 0 Å². The number of aromatic hydroxyl groups is 1. The van der Waals surface area contributed by atoms with Crippen molar-refractivity contribution in [2.24, 2.45) is 0 Å². The number of aromatic amines is 1. The Morgan fingerprint density at radius 1 is 1.40 bits per heavy atom. The van der Waals surface area contributed by atoms with Crippen molar-refractivity contribution in [2.75, 3.05) is 0 Å². The van der Waals surface area contributed by atoms with Crippen LogP contribution in [0.1, 0.15) is 6.92 Å². The first-order valence-electron chi connectivity index (χ1n) is 4.67. The second kappa shape index (κ2) is 3.61. The van der Waals surface area contributed by atoms with Crippen LogP contribution in [-0.4, -0.2) is 19.9 Å². The van der Waals surface area contributed by atoms with Gasteiger partial charge in [-0.3, -0.25) is 4.57 Å². The van der Waals surface area contributed by atoms with Crippen molar-refractivity contribution in [3.8, 4) is 17.1 Å². The lowest BCUT2D eigenvalue weighted by atomic mass is 10.2. The van der Waals surface area contributed by atoms with Gasteiger partial charge in [0, 0.05) is 12.1 Å². The molecule has 0 fully saturated rings. The Bertz CT molecular complexity index is 510. The van der Waals surface area contributed by atoms with Gasteiger partial charge >= 0.3 is 5.69 Å². The Morgan fingerprint density at radius 3 is 2.67 bits per heavy atom. The molecule has 0 saturated carbocycles. The molecule has 5 nitrogen and oxygen atoms in total. The van der Waals surface area contributed by atoms with Crippen LogP contribution in [-0.2, 0) is 6.54 Å². The van der Waals surface area contributed by atoms with Crippen LogP contribution in [0.5, 0.6) is 5.75 Å². The van der Waals surface area contributed by atoms with Gasteiger partial charge in [-0.15, -0.1) is 0 Å². The van der Waals surface area contributed by atoms with Gasteiger partial charge in [0.2, 0.25) is 0 Å². The molecule has 2 N–H and O–H groups in total. The molecule has 0 aliphatic carbocycles. The van der Waals surface area contributed by atoms with E-state index in [9.17, 15) is 4.79 Å². The summed E-state index contributed by atoms with van der Waals surface area (Å²) < 4.78 is 1.53. The molecule has 0 atom stereocenters. The minimum absolute atomic E-state index is 0.194. The van der Waals surface area contributed by atoms with E-state index in [4.69, 9.17) is 5.11 Å². The average molecular weight is 205 g/mol. The fourth-order valence-corrected chi connectivity index (χ4v) is 1.44. The zero-order chi connectivity index (χ0) is 10.8. The first-order chi connectivity index (χ1) is 7.22. The summed E-state index contributed by atoms with van der Waals surface area (Å²) >= 11 is 0. The van der Waals surface area contributed by atoms with Crippen molar-refractivity contribution in [2.45, 2.75) is 13.5 Å². The van der Waals surface area contributed by atoms with Crippen LogP contribution in [0.2, 0.25) is 0 Å². The molecule has 78 valence electrons. The molecular weight excluding hydrogens is 194 g/mol. The van der Waals surface area contributed by atoms with Gasteiger partial charge in [-0.05, 0) is 31.2 Å². The molecule has 0 saturated heterocycles. The zero-order valence-corrected chi connectivity index (χ0v) is 8.27. The monoisotopic (exact) mass is 205 g/mol. The lowest BCUT2D eigenvalue weighted by Gasteiger charge is -2.01. The Balaban J connectivity index is 2.54. The van der Waals surface area contributed by atoms with Gasteiger partial charge in [-0.2, -0.15) is 5.10 Å². The molecule has 2 aromatic rings. The summed E-state index contributed by atoms with van der Waals surface area (Å²) in [5.41, 5.74) is 0.577. The maximum atomic E-state index is 11.3. The van der Waals surface area contributed by atoms with Crippen LogP contribution in [0, 0.1) is 0 Å². The summed E-state index contributed by atoms with van der Waals surface area (Å²) in [6, 6.07) is 6.57. The summed E-state index contributed by atoms with van der Waals surface area (Å²) in [6.07, 6.45) is 0. The predicted octanol–water partition coefficient (Wildman–Crippen LogP) is 0.964. The number of phenolic OH excluding ortho intramolecular Hbond substituents is 1. The van der Waals surface area contributed by atoms with E-state index in [0.29, 0.717) is 12.4 Å². The molecule has 1 heterocycles. The maximum absolute atomic E-state index is 11.3. The van der Waals surface area contributed by atoms with Crippen LogP contribution in [0.25, 0.3) is 11.4 Å². The molecule has 5 heteroatoms. The molecule has 0 aliphatic rings. The Labute approximate surface area is 86.0 Å². The van der Waals surface area contributed by atoms with E-state index in [1.807, 2.05) is 6.92 Å². The molecule has 0 unspecified atom stereocenters. The second-order valence-electron chi connectivity index (χ2n) is 3.14. The third-order valence-corrected chi connectivity index (χ3v) is 2.20. The van der Waals surface area contributed by atoms with E-state index in [1.165, 1.54) is 4.57 Å². The first kappa shape index (κ1) is 9.51. The average Bonchev–Trinajstić information content (AvgIpc) is 2.61. The molecule has 2 rings (SSSR count). The third-order valence-electron chi connectivity index (χ3n) is 2.20. The first-order valence-corrected chi connectivity index (χ1v) is 4.67. The van der Waals surface area contributed by atoms with Crippen molar-refractivity contribution < 1.29 is 5.11 Å². The highest BCUT2D eigenvalue weighted by Gasteiger charge is 2.08. The van der Waals surface area contributed by atoms with Crippen molar-refractivity contribution >= 4 is 0 Å². The van der Waals surface area contributed by atoms with Gasteiger partial charge < -0.3 is 5.11 Å². The molecule has 0 bridgehead atoms. The molecule has 1 aromatic heterocycles. The summed E-state index contributed by atoms with van der Waals surface area (Å²) in [6.45, 7) is 2.44.